The van der Waals surface area contributed by atoms with Gasteiger partial charge in [-0.2, -0.15) is 0 Å². The third-order valence-electron chi connectivity index (χ3n) is 3.19. The first-order valence-electron chi connectivity index (χ1n) is 6.99. The van der Waals surface area contributed by atoms with Gasteiger partial charge in [0.1, 0.15) is 15.8 Å². The average molecular weight is 359 g/mol. The van der Waals surface area contributed by atoms with Gasteiger partial charge in [0.2, 0.25) is 0 Å². The molecule has 0 spiro atoms. The first-order chi connectivity index (χ1) is 11.6. The summed E-state index contributed by atoms with van der Waals surface area (Å²) in [5.41, 5.74) is 6.39. The Morgan fingerprint density at radius 1 is 1.33 bits per heavy atom. The van der Waals surface area contributed by atoms with Crippen molar-refractivity contribution in [1.82, 2.24) is 16.2 Å². The summed E-state index contributed by atoms with van der Waals surface area (Å²) in [5, 5.41) is 2.55. The fraction of sp³-hybridized carbons (Fsp3) is 0.0625. The van der Waals surface area contributed by atoms with Crippen molar-refractivity contribution in [2.75, 3.05) is 7.05 Å². The van der Waals surface area contributed by atoms with Crippen LogP contribution in [-0.4, -0.2) is 23.2 Å². The molecule has 2 heterocycles. The van der Waals surface area contributed by atoms with Crippen LogP contribution in [0.2, 0.25) is 0 Å². The molecule has 1 aromatic carbocycles. The Kier molecular flexibility index (Phi) is 4.79. The predicted octanol–water partition coefficient (Wildman–Crippen LogP) is 2.30. The highest BCUT2D eigenvalue weighted by Gasteiger charge is 2.22. The Bertz CT molecular complexity index is 858. The minimum Gasteiger partial charge on any atom is -0.457 e. The maximum absolute atomic E-state index is 11.9. The number of thioether (sulfide) groups is 1. The zero-order valence-corrected chi connectivity index (χ0v) is 14.2. The van der Waals surface area contributed by atoms with E-state index in [1.165, 1.54) is 11.8 Å². The Morgan fingerprint density at radius 3 is 2.88 bits per heavy atom. The molecule has 0 saturated carbocycles. The third-order valence-corrected chi connectivity index (χ3v) is 4.35. The molecule has 1 aliphatic heterocycles. The van der Waals surface area contributed by atoms with Gasteiger partial charge in [-0.1, -0.05) is 36.1 Å². The molecule has 24 heavy (non-hydrogen) atoms. The lowest BCUT2D eigenvalue weighted by molar-refractivity contribution is -0.115. The summed E-state index contributed by atoms with van der Waals surface area (Å²) in [6, 6.07) is 10.6. The number of rotatable bonds is 4. The Balaban J connectivity index is 1.85. The standard InChI is InChI=1S/C16H13N3O3S2/c1-17-19-14(20)10-4-2-3-9(7-10)12-6-5-11(22-12)8-13-15(21)18-16(23)24-13/h2-8,17H,1H3,(H,19,20)(H,18,21,23). The minimum atomic E-state index is -0.235. The second-order valence-corrected chi connectivity index (χ2v) is 6.56. The van der Waals surface area contributed by atoms with E-state index in [0.717, 1.165) is 5.56 Å². The summed E-state index contributed by atoms with van der Waals surface area (Å²) >= 11 is 6.15. The number of thiocarbonyl (C=S) groups is 1. The van der Waals surface area contributed by atoms with Crippen LogP contribution in [0.4, 0.5) is 0 Å². The summed E-state index contributed by atoms with van der Waals surface area (Å²) in [4.78, 5) is 24.0. The lowest BCUT2D eigenvalue weighted by Crippen LogP contribution is -2.34. The van der Waals surface area contributed by atoms with E-state index in [9.17, 15) is 9.59 Å². The molecule has 1 fully saturated rings. The number of amides is 2. The number of furan rings is 1. The summed E-state index contributed by atoms with van der Waals surface area (Å²) in [6.07, 6.45) is 1.64. The van der Waals surface area contributed by atoms with Gasteiger partial charge in [0, 0.05) is 24.3 Å². The van der Waals surface area contributed by atoms with Crippen LogP contribution >= 0.6 is 24.0 Å². The van der Waals surface area contributed by atoms with Crippen molar-refractivity contribution in [1.29, 1.82) is 0 Å². The van der Waals surface area contributed by atoms with E-state index in [4.69, 9.17) is 16.6 Å². The van der Waals surface area contributed by atoms with Crippen LogP contribution in [0.15, 0.2) is 45.7 Å². The molecule has 1 saturated heterocycles. The topological polar surface area (TPSA) is 83.4 Å². The molecular weight excluding hydrogens is 346 g/mol. The molecule has 8 heteroatoms. The van der Waals surface area contributed by atoms with Gasteiger partial charge < -0.3 is 9.73 Å². The Labute approximate surface area is 147 Å². The maximum atomic E-state index is 11.9. The van der Waals surface area contributed by atoms with Crippen molar-refractivity contribution in [3.8, 4) is 11.3 Å². The predicted molar refractivity (Wildman–Crippen MR) is 97.0 cm³/mol. The highest BCUT2D eigenvalue weighted by atomic mass is 32.2. The van der Waals surface area contributed by atoms with Crippen molar-refractivity contribution in [2.45, 2.75) is 0 Å². The van der Waals surface area contributed by atoms with Crippen molar-refractivity contribution in [3.05, 3.63) is 52.6 Å². The number of nitrogens with one attached hydrogen (secondary N) is 3. The van der Waals surface area contributed by atoms with Crippen LogP contribution < -0.4 is 16.2 Å². The average Bonchev–Trinajstić information content (AvgIpc) is 3.15. The summed E-state index contributed by atoms with van der Waals surface area (Å²) in [5.74, 6) is 0.679. The normalized spacial score (nSPS) is 15.6. The van der Waals surface area contributed by atoms with E-state index in [1.54, 1.807) is 43.5 Å². The van der Waals surface area contributed by atoms with Crippen molar-refractivity contribution >= 4 is 46.2 Å². The first-order valence-corrected chi connectivity index (χ1v) is 8.21. The molecule has 0 bridgehead atoms. The number of carbonyl (C=O) groups excluding carboxylic acids is 2. The number of benzene rings is 1. The molecule has 6 nitrogen and oxygen atoms in total. The van der Waals surface area contributed by atoms with E-state index in [0.29, 0.717) is 26.3 Å². The molecule has 1 aliphatic rings. The van der Waals surface area contributed by atoms with E-state index in [2.05, 4.69) is 16.2 Å². The number of hydrogen-bond donors (Lipinski definition) is 3. The van der Waals surface area contributed by atoms with Crippen molar-refractivity contribution in [2.24, 2.45) is 0 Å². The summed E-state index contributed by atoms with van der Waals surface area (Å²) in [7, 11) is 1.62. The number of hydrazine groups is 1. The maximum Gasteiger partial charge on any atom is 0.265 e. The van der Waals surface area contributed by atoms with E-state index in [1.807, 2.05) is 6.07 Å². The van der Waals surface area contributed by atoms with Gasteiger partial charge in [-0.15, -0.1) is 0 Å². The smallest absolute Gasteiger partial charge is 0.265 e. The number of hydrogen-bond acceptors (Lipinski definition) is 6. The van der Waals surface area contributed by atoms with Crippen LogP contribution in [0.25, 0.3) is 17.4 Å². The molecule has 0 aliphatic carbocycles. The quantitative estimate of drug-likeness (QED) is 0.441. The van der Waals surface area contributed by atoms with Gasteiger partial charge in [-0.05, 0) is 24.3 Å². The highest BCUT2D eigenvalue weighted by molar-refractivity contribution is 8.26. The zero-order chi connectivity index (χ0) is 17.1. The molecule has 0 atom stereocenters. The Morgan fingerprint density at radius 2 is 2.17 bits per heavy atom. The zero-order valence-electron chi connectivity index (χ0n) is 12.6. The molecule has 0 unspecified atom stereocenters. The van der Waals surface area contributed by atoms with Crippen LogP contribution in [0.3, 0.4) is 0 Å². The van der Waals surface area contributed by atoms with Crippen molar-refractivity contribution in [3.63, 3.8) is 0 Å². The van der Waals surface area contributed by atoms with E-state index < -0.39 is 0 Å². The monoisotopic (exact) mass is 359 g/mol. The molecule has 2 amide bonds. The second-order valence-electron chi connectivity index (χ2n) is 4.84. The van der Waals surface area contributed by atoms with Crippen LogP contribution in [0.5, 0.6) is 0 Å². The molecule has 0 radical (unpaired) electrons. The molecule has 3 N–H and O–H groups in total. The highest BCUT2D eigenvalue weighted by Crippen LogP contribution is 2.29. The fourth-order valence-electron chi connectivity index (χ4n) is 2.14. The van der Waals surface area contributed by atoms with Gasteiger partial charge in [0.15, 0.2) is 0 Å². The van der Waals surface area contributed by atoms with Gasteiger partial charge in [-0.3, -0.25) is 15.0 Å². The summed E-state index contributed by atoms with van der Waals surface area (Å²) < 4.78 is 6.18. The molecule has 122 valence electrons. The molecule has 3 rings (SSSR count). The van der Waals surface area contributed by atoms with Gasteiger partial charge in [-0.25, -0.2) is 5.43 Å². The van der Waals surface area contributed by atoms with Crippen molar-refractivity contribution < 1.29 is 14.0 Å². The van der Waals surface area contributed by atoms with Crippen LogP contribution in [0, 0.1) is 0 Å². The molecular formula is C16H13N3O3S2. The fourth-order valence-corrected chi connectivity index (χ4v) is 3.16. The van der Waals surface area contributed by atoms with E-state index in [-0.39, 0.29) is 11.8 Å². The SMILES string of the molecule is CNNC(=O)c1cccc(-c2ccc(C=C3SC(=S)NC3=O)o2)c1. The van der Waals surface area contributed by atoms with Crippen LogP contribution in [-0.2, 0) is 4.79 Å². The lowest BCUT2D eigenvalue weighted by Gasteiger charge is -2.04. The molecule has 2 aromatic rings. The van der Waals surface area contributed by atoms with E-state index >= 15 is 0 Å². The summed E-state index contributed by atoms with van der Waals surface area (Å²) in [6.45, 7) is 0. The van der Waals surface area contributed by atoms with Gasteiger partial charge in [0.05, 0.1) is 4.91 Å². The molecule has 1 aromatic heterocycles. The largest absolute Gasteiger partial charge is 0.457 e. The van der Waals surface area contributed by atoms with Gasteiger partial charge in [0.25, 0.3) is 11.8 Å². The second kappa shape index (κ2) is 7.00. The lowest BCUT2D eigenvalue weighted by atomic mass is 10.1. The third kappa shape index (κ3) is 3.56. The number of carbonyl (C=O) groups is 2. The van der Waals surface area contributed by atoms with Crippen LogP contribution in [0.1, 0.15) is 16.1 Å². The first kappa shape index (κ1) is 16.4. The Hall–Kier alpha value is -2.42. The minimum absolute atomic E-state index is 0.228. The van der Waals surface area contributed by atoms with Gasteiger partial charge >= 0.3 is 0 Å².